The summed E-state index contributed by atoms with van der Waals surface area (Å²) in [6, 6.07) is 12.0. The average Bonchev–Trinajstić information content (AvgIpc) is 3.48. The number of carboxylic acids is 1. The van der Waals surface area contributed by atoms with Crippen molar-refractivity contribution >= 4 is 11.5 Å². The molecule has 0 amide bonds. The van der Waals surface area contributed by atoms with Crippen molar-refractivity contribution in [2.45, 2.75) is 19.0 Å². The van der Waals surface area contributed by atoms with Crippen LogP contribution in [0.3, 0.4) is 0 Å². The van der Waals surface area contributed by atoms with Gasteiger partial charge in [0.05, 0.1) is 12.2 Å². The molecular weight excluding hydrogens is 369 g/mol. The van der Waals surface area contributed by atoms with Crippen molar-refractivity contribution in [1.29, 1.82) is 0 Å². The maximum atomic E-state index is 12.8. The molecule has 0 unspecified atom stereocenters. The Labute approximate surface area is 160 Å². The van der Waals surface area contributed by atoms with Crippen molar-refractivity contribution in [3.05, 3.63) is 83.4 Å². The van der Waals surface area contributed by atoms with Gasteiger partial charge in [-0.25, -0.2) is 4.79 Å². The van der Waals surface area contributed by atoms with Crippen LogP contribution >= 0.6 is 0 Å². The molecule has 3 rings (SSSR count). The fourth-order valence-electron chi connectivity index (χ4n) is 2.68. The number of benzene rings is 2. The molecule has 6 heteroatoms. The summed E-state index contributed by atoms with van der Waals surface area (Å²) in [6.45, 7) is 0.641. The molecule has 0 atom stereocenters. The van der Waals surface area contributed by atoms with Crippen molar-refractivity contribution in [2.24, 2.45) is 5.92 Å². The first-order valence-corrected chi connectivity index (χ1v) is 8.85. The summed E-state index contributed by atoms with van der Waals surface area (Å²) >= 11 is 0. The van der Waals surface area contributed by atoms with Gasteiger partial charge in [-0.1, -0.05) is 36.4 Å². The Morgan fingerprint density at radius 3 is 2.43 bits per heavy atom. The molecule has 0 aliphatic heterocycles. The fraction of sp³-hybridized carbons (Fsp3) is 0.227. The van der Waals surface area contributed by atoms with Gasteiger partial charge >= 0.3 is 12.1 Å². The molecule has 0 heterocycles. The Kier molecular flexibility index (Phi) is 5.87. The van der Waals surface area contributed by atoms with E-state index >= 15 is 0 Å². The molecule has 1 saturated carbocycles. The minimum absolute atomic E-state index is 0.544. The molecule has 0 bridgehead atoms. The molecule has 3 nitrogen and oxygen atoms in total. The summed E-state index contributed by atoms with van der Waals surface area (Å²) < 4.78 is 44.3. The Morgan fingerprint density at radius 2 is 1.82 bits per heavy atom. The Balaban J connectivity index is 1.92. The van der Waals surface area contributed by atoms with Crippen LogP contribution in [0.4, 0.5) is 13.2 Å². The minimum Gasteiger partial charge on any atom is -0.493 e. The van der Waals surface area contributed by atoms with Crippen molar-refractivity contribution in [2.75, 3.05) is 6.61 Å². The van der Waals surface area contributed by atoms with Gasteiger partial charge in [0.1, 0.15) is 5.75 Å². The first kappa shape index (κ1) is 19.7. The lowest BCUT2D eigenvalue weighted by atomic mass is 9.96. The summed E-state index contributed by atoms with van der Waals surface area (Å²) in [7, 11) is 0. The molecule has 1 aliphatic rings. The Morgan fingerprint density at radius 1 is 1.11 bits per heavy atom. The molecule has 0 aromatic heterocycles. The molecule has 2 aromatic carbocycles. The standard InChI is InChI=1S/C22H19F3O3/c23-22(24,25)18-11-9-16(10-12-18)20(5-2-6-21(26)27)17-3-1-4-19(13-17)28-14-15-7-8-15/h1-6,9-13,15H,7-8,14H2,(H,26,27)/b6-2+,20-5-. The highest BCUT2D eigenvalue weighted by Gasteiger charge is 2.30. The van der Waals surface area contributed by atoms with E-state index in [4.69, 9.17) is 9.84 Å². The van der Waals surface area contributed by atoms with Gasteiger partial charge in [0.15, 0.2) is 0 Å². The number of allylic oxidation sites excluding steroid dienone is 2. The molecule has 0 radical (unpaired) electrons. The highest BCUT2D eigenvalue weighted by Crippen LogP contribution is 2.33. The molecule has 0 spiro atoms. The van der Waals surface area contributed by atoms with Crippen LogP contribution in [0.1, 0.15) is 29.5 Å². The second-order valence-corrected chi connectivity index (χ2v) is 6.64. The van der Waals surface area contributed by atoms with Crippen LogP contribution in [0.2, 0.25) is 0 Å². The molecule has 146 valence electrons. The zero-order valence-electron chi connectivity index (χ0n) is 14.9. The number of hydrogen-bond donors (Lipinski definition) is 1. The second kappa shape index (κ2) is 8.33. The van der Waals surface area contributed by atoms with E-state index in [0.717, 1.165) is 36.6 Å². The Hall–Kier alpha value is -3.02. The lowest BCUT2D eigenvalue weighted by Gasteiger charge is -2.12. The van der Waals surface area contributed by atoms with E-state index in [1.807, 2.05) is 12.1 Å². The van der Waals surface area contributed by atoms with E-state index in [-0.39, 0.29) is 0 Å². The van der Waals surface area contributed by atoms with E-state index < -0.39 is 17.7 Å². The topological polar surface area (TPSA) is 46.5 Å². The van der Waals surface area contributed by atoms with Gasteiger partial charge in [-0.3, -0.25) is 0 Å². The summed E-state index contributed by atoms with van der Waals surface area (Å²) in [5, 5.41) is 8.80. The lowest BCUT2D eigenvalue weighted by molar-refractivity contribution is -0.137. The van der Waals surface area contributed by atoms with Crippen molar-refractivity contribution in [1.82, 2.24) is 0 Å². The SMILES string of the molecule is O=C(O)/C=C/C=C(/c1ccc(C(F)(F)F)cc1)c1cccc(OCC2CC2)c1. The number of carbonyl (C=O) groups is 1. The number of ether oxygens (including phenoxy) is 1. The predicted octanol–water partition coefficient (Wildman–Crippen LogP) is 5.57. The van der Waals surface area contributed by atoms with Gasteiger partial charge in [0.25, 0.3) is 0 Å². The second-order valence-electron chi connectivity index (χ2n) is 6.64. The van der Waals surface area contributed by atoms with Crippen molar-refractivity contribution in [3.63, 3.8) is 0 Å². The molecule has 2 aromatic rings. The van der Waals surface area contributed by atoms with Gasteiger partial charge in [0, 0.05) is 6.08 Å². The number of hydrogen-bond acceptors (Lipinski definition) is 2. The summed E-state index contributed by atoms with van der Waals surface area (Å²) in [4.78, 5) is 10.8. The highest BCUT2D eigenvalue weighted by molar-refractivity contribution is 5.84. The third-order valence-electron chi connectivity index (χ3n) is 4.35. The summed E-state index contributed by atoms with van der Waals surface area (Å²) in [6.07, 6.45) is 1.80. The fourth-order valence-corrected chi connectivity index (χ4v) is 2.68. The van der Waals surface area contributed by atoms with E-state index in [2.05, 4.69) is 0 Å². The van der Waals surface area contributed by atoms with Crippen LogP contribution < -0.4 is 4.74 Å². The third-order valence-corrected chi connectivity index (χ3v) is 4.35. The number of halogens is 3. The van der Waals surface area contributed by atoms with Gasteiger partial charge in [-0.15, -0.1) is 0 Å². The van der Waals surface area contributed by atoms with E-state index in [9.17, 15) is 18.0 Å². The number of rotatable bonds is 7. The molecular formula is C22H19F3O3. The van der Waals surface area contributed by atoms with Crippen LogP contribution in [0, 0.1) is 5.92 Å². The third kappa shape index (κ3) is 5.49. The van der Waals surface area contributed by atoms with E-state index in [0.29, 0.717) is 29.4 Å². The van der Waals surface area contributed by atoms with Gasteiger partial charge in [0.2, 0.25) is 0 Å². The van der Waals surface area contributed by atoms with E-state index in [1.54, 1.807) is 18.2 Å². The maximum Gasteiger partial charge on any atom is 0.416 e. The summed E-state index contributed by atoms with van der Waals surface area (Å²) in [5.41, 5.74) is 1.13. The number of carboxylic acid groups (broad SMARTS) is 1. The predicted molar refractivity (Wildman–Crippen MR) is 100.0 cm³/mol. The van der Waals surface area contributed by atoms with Crippen LogP contribution in [-0.4, -0.2) is 17.7 Å². The Bertz CT molecular complexity index is 892. The maximum absolute atomic E-state index is 12.8. The number of alkyl halides is 3. The van der Waals surface area contributed by atoms with Gasteiger partial charge < -0.3 is 9.84 Å². The zero-order valence-corrected chi connectivity index (χ0v) is 14.9. The van der Waals surface area contributed by atoms with Crippen molar-refractivity contribution < 1.29 is 27.8 Å². The molecule has 0 saturated heterocycles. The van der Waals surface area contributed by atoms with Crippen LogP contribution in [0.25, 0.3) is 5.57 Å². The molecule has 28 heavy (non-hydrogen) atoms. The first-order valence-electron chi connectivity index (χ1n) is 8.85. The van der Waals surface area contributed by atoms with Crippen LogP contribution in [-0.2, 0) is 11.0 Å². The quantitative estimate of drug-likeness (QED) is 0.498. The first-order chi connectivity index (χ1) is 13.3. The highest BCUT2D eigenvalue weighted by atomic mass is 19.4. The monoisotopic (exact) mass is 388 g/mol. The smallest absolute Gasteiger partial charge is 0.416 e. The molecule has 1 aliphatic carbocycles. The normalized spacial score (nSPS) is 15.0. The summed E-state index contributed by atoms with van der Waals surface area (Å²) in [5.74, 6) is 0.154. The molecule has 1 N–H and O–H groups in total. The number of aliphatic carboxylic acids is 1. The van der Waals surface area contributed by atoms with Crippen LogP contribution in [0.15, 0.2) is 66.8 Å². The largest absolute Gasteiger partial charge is 0.493 e. The average molecular weight is 388 g/mol. The minimum atomic E-state index is -4.41. The van der Waals surface area contributed by atoms with Crippen LogP contribution in [0.5, 0.6) is 5.75 Å². The van der Waals surface area contributed by atoms with Gasteiger partial charge in [-0.05, 0) is 59.7 Å². The van der Waals surface area contributed by atoms with Crippen molar-refractivity contribution in [3.8, 4) is 5.75 Å². The molecule has 1 fully saturated rings. The zero-order chi connectivity index (χ0) is 20.1. The lowest BCUT2D eigenvalue weighted by Crippen LogP contribution is -2.04. The van der Waals surface area contributed by atoms with E-state index in [1.165, 1.54) is 18.2 Å². The van der Waals surface area contributed by atoms with Gasteiger partial charge in [-0.2, -0.15) is 13.2 Å².